The number of amides is 1. The first-order valence-electron chi connectivity index (χ1n) is 9.95. The van der Waals surface area contributed by atoms with Crippen molar-refractivity contribution in [2.24, 2.45) is 0 Å². The molecule has 0 atom stereocenters. The van der Waals surface area contributed by atoms with Gasteiger partial charge in [-0.05, 0) is 62.2 Å². The number of carbonyl (C=O) groups excluding carboxylic acids is 1. The number of hydrogen-bond acceptors (Lipinski definition) is 5. The molecule has 30 heavy (non-hydrogen) atoms. The van der Waals surface area contributed by atoms with Crippen LogP contribution >= 0.6 is 0 Å². The van der Waals surface area contributed by atoms with Crippen LogP contribution in [0.5, 0.6) is 11.5 Å². The highest BCUT2D eigenvalue weighted by atomic mass is 32.2. The van der Waals surface area contributed by atoms with Crippen LogP contribution < -0.4 is 9.47 Å². The molecule has 1 saturated heterocycles. The molecule has 0 aliphatic carbocycles. The number of aryl methyl sites for hydroxylation is 2. The van der Waals surface area contributed by atoms with Crippen LogP contribution in [0.3, 0.4) is 0 Å². The first-order chi connectivity index (χ1) is 14.3. The molecule has 0 unspecified atom stereocenters. The van der Waals surface area contributed by atoms with Crippen molar-refractivity contribution in [3.63, 3.8) is 0 Å². The summed E-state index contributed by atoms with van der Waals surface area (Å²) in [6.07, 6.45) is 0. The van der Waals surface area contributed by atoms with Crippen LogP contribution in [0, 0.1) is 13.8 Å². The molecule has 0 saturated carbocycles. The molecular formula is C22H28N2O5S. The molecule has 1 amide bonds. The molecule has 3 rings (SSSR count). The highest BCUT2D eigenvalue weighted by Crippen LogP contribution is 2.29. The van der Waals surface area contributed by atoms with E-state index in [1.165, 1.54) is 11.4 Å². The fraction of sp³-hybridized carbons (Fsp3) is 0.409. The second-order valence-electron chi connectivity index (χ2n) is 7.24. The van der Waals surface area contributed by atoms with Crippen molar-refractivity contribution in [3.8, 4) is 11.5 Å². The summed E-state index contributed by atoms with van der Waals surface area (Å²) >= 11 is 0. The van der Waals surface area contributed by atoms with E-state index in [0.29, 0.717) is 41.7 Å². The number of piperazine rings is 1. The third-order valence-electron chi connectivity index (χ3n) is 5.35. The fourth-order valence-corrected chi connectivity index (χ4v) is 4.92. The predicted molar refractivity (Wildman–Crippen MR) is 115 cm³/mol. The maximum absolute atomic E-state index is 13.0. The summed E-state index contributed by atoms with van der Waals surface area (Å²) in [6, 6.07) is 10.2. The van der Waals surface area contributed by atoms with Gasteiger partial charge in [-0.25, -0.2) is 8.42 Å². The quantitative estimate of drug-likeness (QED) is 0.702. The Labute approximate surface area is 178 Å². The summed E-state index contributed by atoms with van der Waals surface area (Å²) in [4.78, 5) is 14.9. The van der Waals surface area contributed by atoms with Crippen LogP contribution in [0.25, 0.3) is 0 Å². The fourth-order valence-electron chi connectivity index (χ4n) is 3.41. The number of ether oxygens (including phenoxy) is 2. The molecular weight excluding hydrogens is 404 g/mol. The van der Waals surface area contributed by atoms with Crippen molar-refractivity contribution in [2.45, 2.75) is 25.7 Å². The van der Waals surface area contributed by atoms with Crippen LogP contribution in [0.1, 0.15) is 28.4 Å². The molecule has 0 N–H and O–H groups in total. The van der Waals surface area contributed by atoms with Crippen molar-refractivity contribution in [2.75, 3.05) is 39.9 Å². The summed E-state index contributed by atoms with van der Waals surface area (Å²) in [5, 5.41) is 0. The standard InChI is InChI=1S/C22H28N2O5S/c1-5-29-20-9-7-18(15-21(20)28-4)22(25)23-10-12-24(13-11-23)30(26,27)19-8-6-16(2)17(3)14-19/h6-9,14-15H,5,10-13H2,1-4H3. The Morgan fingerprint density at radius 3 is 2.27 bits per heavy atom. The molecule has 0 bridgehead atoms. The summed E-state index contributed by atoms with van der Waals surface area (Å²) in [5.74, 6) is 0.930. The Bertz CT molecular complexity index is 1030. The average molecular weight is 433 g/mol. The summed E-state index contributed by atoms with van der Waals surface area (Å²) in [5.41, 5.74) is 2.48. The van der Waals surface area contributed by atoms with E-state index < -0.39 is 10.0 Å². The van der Waals surface area contributed by atoms with E-state index in [9.17, 15) is 13.2 Å². The largest absolute Gasteiger partial charge is 0.493 e. The van der Waals surface area contributed by atoms with Gasteiger partial charge in [0.05, 0.1) is 18.6 Å². The van der Waals surface area contributed by atoms with Gasteiger partial charge in [-0.2, -0.15) is 4.31 Å². The van der Waals surface area contributed by atoms with Gasteiger partial charge in [-0.3, -0.25) is 4.79 Å². The van der Waals surface area contributed by atoms with Gasteiger partial charge < -0.3 is 14.4 Å². The summed E-state index contributed by atoms with van der Waals surface area (Å²) < 4.78 is 38.2. The lowest BCUT2D eigenvalue weighted by molar-refractivity contribution is 0.0697. The Balaban J connectivity index is 1.70. The van der Waals surface area contributed by atoms with Crippen molar-refractivity contribution in [1.29, 1.82) is 0 Å². The number of benzene rings is 2. The van der Waals surface area contributed by atoms with Crippen LogP contribution in [0.4, 0.5) is 0 Å². The minimum absolute atomic E-state index is 0.153. The Kier molecular flexibility index (Phi) is 6.67. The van der Waals surface area contributed by atoms with Crippen molar-refractivity contribution in [1.82, 2.24) is 9.21 Å². The first-order valence-corrected chi connectivity index (χ1v) is 11.4. The maximum atomic E-state index is 13.0. The molecule has 1 aliphatic rings. The molecule has 1 fully saturated rings. The Hall–Kier alpha value is -2.58. The highest BCUT2D eigenvalue weighted by Gasteiger charge is 2.30. The molecule has 0 radical (unpaired) electrons. The van der Waals surface area contributed by atoms with E-state index in [2.05, 4.69) is 0 Å². The molecule has 8 heteroatoms. The average Bonchev–Trinajstić information content (AvgIpc) is 2.75. The normalized spacial score (nSPS) is 15.1. The Morgan fingerprint density at radius 2 is 1.67 bits per heavy atom. The number of sulfonamides is 1. The number of methoxy groups -OCH3 is 1. The second kappa shape index (κ2) is 9.06. The molecule has 1 heterocycles. The lowest BCUT2D eigenvalue weighted by Crippen LogP contribution is -2.50. The van der Waals surface area contributed by atoms with Crippen LogP contribution in [-0.4, -0.2) is 63.4 Å². The number of carbonyl (C=O) groups is 1. The topological polar surface area (TPSA) is 76.2 Å². The number of nitrogens with zero attached hydrogens (tertiary/aromatic N) is 2. The second-order valence-corrected chi connectivity index (χ2v) is 9.18. The van der Waals surface area contributed by atoms with Gasteiger partial charge in [0.15, 0.2) is 11.5 Å². The van der Waals surface area contributed by atoms with Gasteiger partial charge in [-0.15, -0.1) is 0 Å². The van der Waals surface area contributed by atoms with Crippen molar-refractivity contribution in [3.05, 3.63) is 53.1 Å². The third-order valence-corrected chi connectivity index (χ3v) is 7.25. The molecule has 2 aromatic rings. The smallest absolute Gasteiger partial charge is 0.254 e. The number of rotatable bonds is 6. The predicted octanol–water partition coefficient (Wildman–Crippen LogP) is 2.86. The van der Waals surface area contributed by atoms with Gasteiger partial charge >= 0.3 is 0 Å². The monoisotopic (exact) mass is 432 g/mol. The van der Waals surface area contributed by atoms with Crippen molar-refractivity contribution < 1.29 is 22.7 Å². The molecule has 0 spiro atoms. The van der Waals surface area contributed by atoms with E-state index in [4.69, 9.17) is 9.47 Å². The van der Waals surface area contributed by atoms with Crippen molar-refractivity contribution >= 4 is 15.9 Å². The van der Waals surface area contributed by atoms with Gasteiger partial charge in [0.25, 0.3) is 5.91 Å². The van der Waals surface area contributed by atoms with Gasteiger partial charge in [0.1, 0.15) is 0 Å². The minimum atomic E-state index is -3.58. The molecule has 2 aromatic carbocycles. The molecule has 0 aromatic heterocycles. The zero-order valence-electron chi connectivity index (χ0n) is 17.8. The number of hydrogen-bond donors (Lipinski definition) is 0. The first kappa shape index (κ1) is 22.1. The van der Waals surface area contributed by atoms with E-state index in [1.807, 2.05) is 26.8 Å². The van der Waals surface area contributed by atoms with Gasteiger partial charge in [0.2, 0.25) is 10.0 Å². The van der Waals surface area contributed by atoms with Gasteiger partial charge in [0, 0.05) is 31.7 Å². The maximum Gasteiger partial charge on any atom is 0.254 e. The summed E-state index contributed by atoms with van der Waals surface area (Å²) in [7, 11) is -2.05. The zero-order chi connectivity index (χ0) is 21.9. The van der Waals surface area contributed by atoms with E-state index in [1.54, 1.807) is 35.2 Å². The lowest BCUT2D eigenvalue weighted by Gasteiger charge is -2.34. The van der Waals surface area contributed by atoms with Crippen LogP contribution in [0.15, 0.2) is 41.3 Å². The molecule has 7 nitrogen and oxygen atoms in total. The lowest BCUT2D eigenvalue weighted by atomic mass is 10.1. The van der Waals surface area contributed by atoms with Gasteiger partial charge in [-0.1, -0.05) is 6.07 Å². The Morgan fingerprint density at radius 1 is 0.967 bits per heavy atom. The SMILES string of the molecule is CCOc1ccc(C(=O)N2CCN(S(=O)(=O)c3ccc(C)c(C)c3)CC2)cc1OC. The van der Waals surface area contributed by atoms with E-state index in [-0.39, 0.29) is 19.0 Å². The zero-order valence-corrected chi connectivity index (χ0v) is 18.7. The minimum Gasteiger partial charge on any atom is -0.493 e. The van der Waals surface area contributed by atoms with Crippen LogP contribution in [-0.2, 0) is 10.0 Å². The highest BCUT2D eigenvalue weighted by molar-refractivity contribution is 7.89. The molecule has 162 valence electrons. The van der Waals surface area contributed by atoms with E-state index in [0.717, 1.165) is 11.1 Å². The molecule has 1 aliphatic heterocycles. The van der Waals surface area contributed by atoms with Crippen LogP contribution in [0.2, 0.25) is 0 Å². The summed E-state index contributed by atoms with van der Waals surface area (Å²) in [6.45, 7) is 7.41. The van der Waals surface area contributed by atoms with E-state index >= 15 is 0 Å². The third kappa shape index (κ3) is 4.44.